The largest absolute Gasteiger partial charge is 0.497 e. The number of carbonyl (C=O) groups excluding carboxylic acids is 2. The number of rotatable bonds is 7. The third-order valence-electron chi connectivity index (χ3n) is 3.72. The summed E-state index contributed by atoms with van der Waals surface area (Å²) >= 11 is 0. The van der Waals surface area contributed by atoms with Crippen molar-refractivity contribution >= 4 is 11.8 Å². The molecule has 6 nitrogen and oxygen atoms in total. The second-order valence-electron chi connectivity index (χ2n) is 5.31. The number of hydrogen-bond acceptors (Lipinski definition) is 4. The molecule has 2 amide bonds. The lowest BCUT2D eigenvalue weighted by Gasteiger charge is -2.17. The Labute approximate surface area is 130 Å². The molecule has 0 spiro atoms. The van der Waals surface area contributed by atoms with E-state index in [-0.39, 0.29) is 24.2 Å². The summed E-state index contributed by atoms with van der Waals surface area (Å²) in [5.41, 5.74) is 1.02. The van der Waals surface area contributed by atoms with E-state index in [1.165, 1.54) is 0 Å². The average Bonchev–Trinajstić information content (AvgIpc) is 2.89. The average molecular weight is 306 g/mol. The monoisotopic (exact) mass is 306 g/mol. The van der Waals surface area contributed by atoms with E-state index >= 15 is 0 Å². The SMILES string of the molecule is COCCNC(=O)[C@H]1CC(=O)N(Cc2ccc(OC)cc2)C1. The Kier molecular flexibility index (Phi) is 5.77. The lowest BCUT2D eigenvalue weighted by Crippen LogP contribution is -2.34. The number of methoxy groups -OCH3 is 2. The fourth-order valence-electron chi connectivity index (χ4n) is 2.47. The zero-order valence-electron chi connectivity index (χ0n) is 13.0. The summed E-state index contributed by atoms with van der Waals surface area (Å²) in [6.07, 6.45) is 0.273. The van der Waals surface area contributed by atoms with Crippen molar-refractivity contribution in [2.45, 2.75) is 13.0 Å². The Morgan fingerprint density at radius 2 is 2.05 bits per heavy atom. The Balaban J connectivity index is 1.87. The van der Waals surface area contributed by atoms with Crippen LogP contribution in [0, 0.1) is 5.92 Å². The van der Waals surface area contributed by atoms with Gasteiger partial charge in [0.05, 0.1) is 19.6 Å². The molecule has 0 aromatic heterocycles. The van der Waals surface area contributed by atoms with Crippen LogP contribution in [-0.4, -0.2) is 50.6 Å². The first kappa shape index (κ1) is 16.3. The molecule has 22 heavy (non-hydrogen) atoms. The summed E-state index contributed by atoms with van der Waals surface area (Å²) < 4.78 is 10.0. The summed E-state index contributed by atoms with van der Waals surface area (Å²) in [5.74, 6) is 0.444. The number of benzene rings is 1. The lowest BCUT2D eigenvalue weighted by molar-refractivity contribution is -0.129. The van der Waals surface area contributed by atoms with E-state index < -0.39 is 0 Å². The van der Waals surface area contributed by atoms with Gasteiger partial charge in [0, 0.05) is 33.2 Å². The number of nitrogens with one attached hydrogen (secondary N) is 1. The van der Waals surface area contributed by atoms with Crippen LogP contribution in [0.3, 0.4) is 0 Å². The first-order valence-electron chi connectivity index (χ1n) is 7.31. The van der Waals surface area contributed by atoms with E-state index in [0.717, 1.165) is 11.3 Å². The van der Waals surface area contributed by atoms with E-state index in [9.17, 15) is 9.59 Å². The number of hydrogen-bond donors (Lipinski definition) is 1. The molecular formula is C16H22N2O4. The van der Waals surface area contributed by atoms with Gasteiger partial charge < -0.3 is 19.7 Å². The molecule has 1 aliphatic rings. The summed E-state index contributed by atoms with van der Waals surface area (Å²) in [6.45, 7) is 1.93. The van der Waals surface area contributed by atoms with Crippen LogP contribution < -0.4 is 10.1 Å². The molecule has 0 aliphatic carbocycles. The van der Waals surface area contributed by atoms with Crippen molar-refractivity contribution in [3.63, 3.8) is 0 Å². The van der Waals surface area contributed by atoms with Gasteiger partial charge in [-0.2, -0.15) is 0 Å². The standard InChI is InChI=1S/C16H22N2O4/c1-21-8-7-17-16(20)13-9-15(19)18(11-13)10-12-3-5-14(22-2)6-4-12/h3-6,13H,7-11H2,1-2H3,(H,17,20)/t13-/m0/s1. The fraction of sp³-hybridized carbons (Fsp3) is 0.500. The Morgan fingerprint density at radius 3 is 2.68 bits per heavy atom. The van der Waals surface area contributed by atoms with E-state index in [0.29, 0.717) is 26.2 Å². The number of likely N-dealkylation sites (tertiary alicyclic amines) is 1. The Bertz CT molecular complexity index is 515. The van der Waals surface area contributed by atoms with Crippen molar-refractivity contribution in [1.29, 1.82) is 0 Å². The first-order chi connectivity index (χ1) is 10.6. The molecule has 0 unspecified atom stereocenters. The third-order valence-corrected chi connectivity index (χ3v) is 3.72. The molecule has 1 heterocycles. The molecule has 1 aromatic carbocycles. The van der Waals surface area contributed by atoms with Gasteiger partial charge in [0.1, 0.15) is 5.75 Å². The number of nitrogens with zero attached hydrogens (tertiary/aromatic N) is 1. The first-order valence-corrected chi connectivity index (χ1v) is 7.31. The lowest BCUT2D eigenvalue weighted by atomic mass is 10.1. The molecule has 120 valence electrons. The van der Waals surface area contributed by atoms with Crippen molar-refractivity contribution in [3.8, 4) is 5.75 Å². The smallest absolute Gasteiger partial charge is 0.225 e. The van der Waals surface area contributed by atoms with Gasteiger partial charge in [-0.1, -0.05) is 12.1 Å². The van der Waals surface area contributed by atoms with Gasteiger partial charge in [-0.15, -0.1) is 0 Å². The minimum Gasteiger partial charge on any atom is -0.497 e. The van der Waals surface area contributed by atoms with E-state index in [2.05, 4.69) is 5.32 Å². The fourth-order valence-corrected chi connectivity index (χ4v) is 2.47. The maximum absolute atomic E-state index is 12.0. The minimum atomic E-state index is -0.275. The van der Waals surface area contributed by atoms with Gasteiger partial charge in [0.2, 0.25) is 11.8 Å². The molecule has 0 radical (unpaired) electrons. The van der Waals surface area contributed by atoms with Gasteiger partial charge in [0.25, 0.3) is 0 Å². The van der Waals surface area contributed by atoms with E-state index in [4.69, 9.17) is 9.47 Å². The molecular weight excluding hydrogens is 284 g/mol. The van der Waals surface area contributed by atoms with Gasteiger partial charge in [-0.3, -0.25) is 9.59 Å². The summed E-state index contributed by atoms with van der Waals surface area (Å²) in [5, 5.41) is 2.79. The highest BCUT2D eigenvalue weighted by Gasteiger charge is 2.33. The van der Waals surface area contributed by atoms with Gasteiger partial charge in [-0.05, 0) is 17.7 Å². The summed E-state index contributed by atoms with van der Waals surface area (Å²) in [4.78, 5) is 25.8. The van der Waals surface area contributed by atoms with Gasteiger partial charge in [-0.25, -0.2) is 0 Å². The zero-order valence-corrected chi connectivity index (χ0v) is 13.0. The molecule has 0 bridgehead atoms. The van der Waals surface area contributed by atoms with Crippen LogP contribution in [-0.2, 0) is 20.9 Å². The minimum absolute atomic E-state index is 0.0164. The molecule has 1 fully saturated rings. The van der Waals surface area contributed by atoms with Crippen LogP contribution in [0.15, 0.2) is 24.3 Å². The maximum Gasteiger partial charge on any atom is 0.225 e. The van der Waals surface area contributed by atoms with Crippen LogP contribution in [0.4, 0.5) is 0 Å². The molecule has 1 saturated heterocycles. The van der Waals surface area contributed by atoms with Gasteiger partial charge in [0.15, 0.2) is 0 Å². The zero-order chi connectivity index (χ0) is 15.9. The van der Waals surface area contributed by atoms with Crippen molar-refractivity contribution in [2.24, 2.45) is 5.92 Å². The van der Waals surface area contributed by atoms with Crippen LogP contribution in [0.2, 0.25) is 0 Å². The summed E-state index contributed by atoms with van der Waals surface area (Å²) in [6, 6.07) is 7.59. The quantitative estimate of drug-likeness (QED) is 0.757. The number of ether oxygens (including phenoxy) is 2. The second-order valence-corrected chi connectivity index (χ2v) is 5.31. The van der Waals surface area contributed by atoms with E-state index in [1.54, 1.807) is 19.1 Å². The maximum atomic E-state index is 12.0. The Hall–Kier alpha value is -2.08. The van der Waals surface area contributed by atoms with E-state index in [1.807, 2.05) is 24.3 Å². The highest BCUT2D eigenvalue weighted by atomic mass is 16.5. The molecule has 1 aliphatic heterocycles. The molecule has 6 heteroatoms. The van der Waals surface area contributed by atoms with Crippen molar-refractivity contribution in [2.75, 3.05) is 33.9 Å². The van der Waals surface area contributed by atoms with Crippen LogP contribution in [0.5, 0.6) is 5.75 Å². The Morgan fingerprint density at radius 1 is 1.32 bits per heavy atom. The van der Waals surface area contributed by atoms with Crippen LogP contribution in [0.25, 0.3) is 0 Å². The van der Waals surface area contributed by atoms with Crippen LogP contribution >= 0.6 is 0 Å². The second kappa shape index (κ2) is 7.79. The predicted octanol–water partition coefficient (Wildman–Crippen LogP) is 0.806. The molecule has 1 N–H and O–H groups in total. The topological polar surface area (TPSA) is 67.9 Å². The third kappa shape index (κ3) is 4.21. The predicted molar refractivity (Wildman–Crippen MR) is 81.4 cm³/mol. The van der Waals surface area contributed by atoms with Crippen molar-refractivity contribution < 1.29 is 19.1 Å². The van der Waals surface area contributed by atoms with Crippen molar-refractivity contribution in [3.05, 3.63) is 29.8 Å². The van der Waals surface area contributed by atoms with Crippen LogP contribution in [0.1, 0.15) is 12.0 Å². The normalized spacial score (nSPS) is 17.6. The van der Waals surface area contributed by atoms with Crippen molar-refractivity contribution in [1.82, 2.24) is 10.2 Å². The number of amides is 2. The highest BCUT2D eigenvalue weighted by Crippen LogP contribution is 2.21. The molecule has 2 rings (SSSR count). The van der Waals surface area contributed by atoms with Gasteiger partial charge >= 0.3 is 0 Å². The molecule has 1 aromatic rings. The summed E-state index contributed by atoms with van der Waals surface area (Å²) in [7, 11) is 3.20. The molecule has 0 saturated carbocycles. The number of carbonyl (C=O) groups is 2. The molecule has 1 atom stereocenters. The highest BCUT2D eigenvalue weighted by molar-refractivity contribution is 5.89.